The number of nitrogens with one attached hydrogen (secondary N) is 1. The predicted octanol–water partition coefficient (Wildman–Crippen LogP) is 2.92. The third-order valence-corrected chi connectivity index (χ3v) is 5.68. The Morgan fingerprint density at radius 3 is 2.53 bits per heavy atom. The van der Waals surface area contributed by atoms with Gasteiger partial charge in [0.15, 0.2) is 0 Å². The number of carbonyl (C=O) groups is 1. The van der Waals surface area contributed by atoms with Gasteiger partial charge in [-0.1, -0.05) is 0 Å². The number of halogens is 3. The van der Waals surface area contributed by atoms with Crippen molar-refractivity contribution in [3.05, 3.63) is 36.2 Å². The summed E-state index contributed by atoms with van der Waals surface area (Å²) in [6, 6.07) is 2.24. The average molecular weight is 424 g/mol. The summed E-state index contributed by atoms with van der Waals surface area (Å²) in [6.07, 6.45) is 0.570. The van der Waals surface area contributed by atoms with Crippen LogP contribution < -0.4 is 4.74 Å². The Hall–Kier alpha value is -2.85. The van der Waals surface area contributed by atoms with Crippen LogP contribution >= 0.6 is 0 Å². The topological polar surface area (TPSA) is 87.2 Å². The van der Waals surface area contributed by atoms with Crippen LogP contribution in [0.5, 0.6) is 5.75 Å². The van der Waals surface area contributed by atoms with E-state index in [0.29, 0.717) is 38.5 Å². The number of urea groups is 1. The van der Waals surface area contributed by atoms with Crippen molar-refractivity contribution in [1.29, 1.82) is 0 Å². The van der Waals surface area contributed by atoms with Crippen LogP contribution in [0.4, 0.5) is 18.0 Å². The number of pyridine rings is 1. The Morgan fingerprint density at radius 1 is 1.13 bits per heavy atom. The van der Waals surface area contributed by atoms with Crippen molar-refractivity contribution in [3.8, 4) is 5.75 Å². The zero-order valence-corrected chi connectivity index (χ0v) is 16.3. The van der Waals surface area contributed by atoms with E-state index in [4.69, 9.17) is 4.74 Å². The number of piperidine rings is 1. The quantitative estimate of drug-likeness (QED) is 0.816. The van der Waals surface area contributed by atoms with Crippen LogP contribution in [0.2, 0.25) is 0 Å². The maximum Gasteiger partial charge on any atom is 0.433 e. The third kappa shape index (κ3) is 4.65. The normalized spacial score (nSPS) is 20.6. The number of rotatable bonds is 4. The highest BCUT2D eigenvalue weighted by Gasteiger charge is 2.34. The molecule has 2 aromatic rings. The highest BCUT2D eigenvalue weighted by molar-refractivity contribution is 5.75. The summed E-state index contributed by atoms with van der Waals surface area (Å²) in [5.41, 5.74) is -0.936. The highest BCUT2D eigenvalue weighted by atomic mass is 19.4. The van der Waals surface area contributed by atoms with Gasteiger partial charge >= 0.3 is 12.2 Å². The molecule has 2 aliphatic heterocycles. The molecule has 2 fully saturated rings. The molecule has 30 heavy (non-hydrogen) atoms. The second kappa shape index (κ2) is 8.49. The third-order valence-electron chi connectivity index (χ3n) is 5.68. The molecule has 0 unspecified atom stereocenters. The number of aromatic amines is 1. The van der Waals surface area contributed by atoms with Crippen molar-refractivity contribution in [2.75, 3.05) is 32.8 Å². The molecule has 162 valence electrons. The number of ether oxygens (including phenoxy) is 1. The first-order valence-electron chi connectivity index (χ1n) is 9.95. The van der Waals surface area contributed by atoms with Crippen LogP contribution in [0.1, 0.15) is 36.7 Å². The maximum absolute atomic E-state index is 12.8. The van der Waals surface area contributed by atoms with Crippen molar-refractivity contribution in [2.24, 2.45) is 5.92 Å². The van der Waals surface area contributed by atoms with Crippen molar-refractivity contribution in [1.82, 2.24) is 30.0 Å². The van der Waals surface area contributed by atoms with Crippen molar-refractivity contribution < 1.29 is 22.7 Å². The lowest BCUT2D eigenvalue weighted by Gasteiger charge is -2.34. The summed E-state index contributed by atoms with van der Waals surface area (Å²) in [5.74, 6) is 1.58. The fourth-order valence-corrected chi connectivity index (χ4v) is 3.91. The molecule has 4 rings (SSSR count). The van der Waals surface area contributed by atoms with E-state index in [0.717, 1.165) is 37.4 Å². The van der Waals surface area contributed by atoms with Gasteiger partial charge in [-0.2, -0.15) is 18.3 Å². The molecule has 8 nitrogen and oxygen atoms in total. The molecule has 2 aliphatic rings. The summed E-state index contributed by atoms with van der Waals surface area (Å²) in [6.45, 7) is 3.02. The summed E-state index contributed by atoms with van der Waals surface area (Å²) >= 11 is 0. The zero-order valence-electron chi connectivity index (χ0n) is 16.3. The van der Waals surface area contributed by atoms with Crippen molar-refractivity contribution >= 4 is 6.03 Å². The molecular formula is C19H23F3N6O2. The first-order chi connectivity index (χ1) is 14.4. The maximum atomic E-state index is 12.8. The minimum absolute atomic E-state index is 0.0447. The van der Waals surface area contributed by atoms with Gasteiger partial charge in [0.1, 0.15) is 23.6 Å². The minimum atomic E-state index is -4.46. The zero-order chi connectivity index (χ0) is 21.1. The Morgan fingerprint density at radius 2 is 1.90 bits per heavy atom. The monoisotopic (exact) mass is 424 g/mol. The van der Waals surface area contributed by atoms with Gasteiger partial charge in [-0.25, -0.2) is 14.8 Å². The van der Waals surface area contributed by atoms with Crippen molar-refractivity contribution in [3.63, 3.8) is 0 Å². The minimum Gasteiger partial charge on any atom is -0.492 e. The SMILES string of the molecule is O=C(N1CCC(COc2ccc(C(F)(F)F)nc2)CC1)N1CC[C@H](c2ncn[nH]2)C1. The van der Waals surface area contributed by atoms with Crippen molar-refractivity contribution in [2.45, 2.75) is 31.4 Å². The number of amides is 2. The molecule has 4 heterocycles. The average Bonchev–Trinajstić information content (AvgIpc) is 3.43. The van der Waals surface area contributed by atoms with E-state index in [1.54, 1.807) is 0 Å². The van der Waals surface area contributed by atoms with Crippen LogP contribution in [0.25, 0.3) is 0 Å². The summed E-state index contributed by atoms with van der Waals surface area (Å²) < 4.78 is 43.3. The van der Waals surface area contributed by atoms with E-state index in [9.17, 15) is 18.0 Å². The van der Waals surface area contributed by atoms with Crippen LogP contribution in [0.15, 0.2) is 24.7 Å². The second-order valence-electron chi connectivity index (χ2n) is 7.70. The Labute approximate surface area is 171 Å². The lowest BCUT2D eigenvalue weighted by atomic mass is 9.98. The smallest absolute Gasteiger partial charge is 0.433 e. The van der Waals surface area contributed by atoms with E-state index in [1.807, 2.05) is 9.80 Å². The predicted molar refractivity (Wildman–Crippen MR) is 99.7 cm³/mol. The standard InChI is InChI=1S/C19H23F3N6O2/c20-19(21,22)16-2-1-15(9-23-16)30-11-13-3-6-27(7-4-13)18(29)28-8-5-14(10-28)17-24-12-25-26-17/h1-2,9,12-14H,3-8,10-11H2,(H,24,25,26)/t14-/m0/s1. The van der Waals surface area contributed by atoms with Gasteiger partial charge in [-0.3, -0.25) is 5.10 Å². The van der Waals surface area contributed by atoms with Crippen LogP contribution in [0.3, 0.4) is 0 Å². The van der Waals surface area contributed by atoms with Gasteiger partial charge in [0.25, 0.3) is 0 Å². The largest absolute Gasteiger partial charge is 0.492 e. The first-order valence-corrected chi connectivity index (χ1v) is 9.95. The molecule has 2 amide bonds. The van der Waals surface area contributed by atoms with E-state index >= 15 is 0 Å². The van der Waals surface area contributed by atoms with Crippen LogP contribution in [0, 0.1) is 5.92 Å². The van der Waals surface area contributed by atoms with E-state index in [2.05, 4.69) is 20.2 Å². The summed E-state index contributed by atoms with van der Waals surface area (Å²) in [5, 5.41) is 6.75. The molecule has 0 aliphatic carbocycles. The van der Waals surface area contributed by atoms with Gasteiger partial charge in [0.05, 0.1) is 12.8 Å². The summed E-state index contributed by atoms with van der Waals surface area (Å²) in [7, 11) is 0. The number of carbonyl (C=O) groups excluding carboxylic acids is 1. The number of alkyl halides is 3. The molecule has 0 spiro atoms. The number of likely N-dealkylation sites (tertiary alicyclic amines) is 2. The molecule has 2 saturated heterocycles. The lowest BCUT2D eigenvalue weighted by molar-refractivity contribution is -0.141. The van der Waals surface area contributed by atoms with Gasteiger partial charge in [0, 0.05) is 32.1 Å². The Bertz CT molecular complexity index is 835. The molecule has 1 atom stereocenters. The van der Waals surface area contributed by atoms with Crippen LogP contribution in [-0.4, -0.2) is 68.8 Å². The number of nitrogens with zero attached hydrogens (tertiary/aromatic N) is 5. The van der Waals surface area contributed by atoms with E-state index in [1.165, 1.54) is 12.4 Å². The molecular weight excluding hydrogens is 401 g/mol. The molecule has 0 radical (unpaired) electrons. The molecule has 2 aromatic heterocycles. The van der Waals surface area contributed by atoms with Gasteiger partial charge in [-0.15, -0.1) is 0 Å². The van der Waals surface area contributed by atoms with Gasteiger partial charge in [-0.05, 0) is 37.3 Å². The second-order valence-corrected chi connectivity index (χ2v) is 7.70. The fraction of sp³-hybridized carbons (Fsp3) is 0.579. The van der Waals surface area contributed by atoms with Crippen LogP contribution in [-0.2, 0) is 6.18 Å². The molecule has 1 N–H and O–H groups in total. The lowest BCUT2D eigenvalue weighted by Crippen LogP contribution is -2.46. The molecule has 0 aromatic carbocycles. The number of hydrogen-bond donors (Lipinski definition) is 1. The van der Waals surface area contributed by atoms with E-state index in [-0.39, 0.29) is 17.9 Å². The Balaban J connectivity index is 1.21. The fourth-order valence-electron chi connectivity index (χ4n) is 3.91. The number of aromatic nitrogens is 4. The Kier molecular flexibility index (Phi) is 5.78. The highest BCUT2D eigenvalue weighted by Crippen LogP contribution is 2.29. The molecule has 0 saturated carbocycles. The summed E-state index contributed by atoms with van der Waals surface area (Å²) in [4.78, 5) is 24.1. The van der Waals surface area contributed by atoms with Gasteiger partial charge < -0.3 is 14.5 Å². The first kappa shape index (κ1) is 20.4. The van der Waals surface area contributed by atoms with Gasteiger partial charge in [0.2, 0.25) is 0 Å². The van der Waals surface area contributed by atoms with E-state index < -0.39 is 11.9 Å². The number of hydrogen-bond acceptors (Lipinski definition) is 5. The molecule has 0 bridgehead atoms. The number of H-pyrrole nitrogens is 1. The molecule has 11 heteroatoms.